The Bertz CT molecular complexity index is 1030. The van der Waals surface area contributed by atoms with Crippen LogP contribution in [0.5, 0.6) is 0 Å². The summed E-state index contributed by atoms with van der Waals surface area (Å²) in [5, 5.41) is 0.795. The molecule has 0 fully saturated rings. The highest BCUT2D eigenvalue weighted by atomic mass is 35.5. The van der Waals surface area contributed by atoms with E-state index in [0.717, 1.165) is 0 Å². The van der Waals surface area contributed by atoms with Crippen LogP contribution in [-0.4, -0.2) is 36.7 Å². The maximum atomic E-state index is 12.8. The summed E-state index contributed by atoms with van der Waals surface area (Å²) in [5.41, 5.74) is -0.202. The molecule has 0 radical (unpaired) electrons. The minimum absolute atomic E-state index is 0.00106. The average Bonchev–Trinajstić information content (AvgIpc) is 2.60. The molecule has 0 N–H and O–H groups in total. The summed E-state index contributed by atoms with van der Waals surface area (Å²) in [7, 11) is 2.93. The number of ketones is 1. The zero-order valence-electron chi connectivity index (χ0n) is 15.6. The first kappa shape index (κ1) is 23.2. The quantitative estimate of drug-likeness (QED) is 0.187. The molecular weight excluding hydrogens is 460 g/mol. The standard InChI is InChI=1S/C20H15Cl4NO4/c1-10(26)17(19(27)25(2)3)18(13-6-4-11(21)8-15(13)23)29-20(28)14-7-5-12(22)9-16(14)24/h4-9H,1-3H3/b18-17-. The van der Waals surface area contributed by atoms with Gasteiger partial charge in [-0.05, 0) is 43.3 Å². The van der Waals surface area contributed by atoms with Crippen LogP contribution in [0.2, 0.25) is 20.1 Å². The first-order valence-corrected chi connectivity index (χ1v) is 9.63. The Balaban J connectivity index is 2.69. The van der Waals surface area contributed by atoms with E-state index >= 15 is 0 Å². The van der Waals surface area contributed by atoms with Crippen LogP contribution in [0, 0.1) is 0 Å². The molecule has 0 aliphatic heterocycles. The van der Waals surface area contributed by atoms with Gasteiger partial charge in [-0.2, -0.15) is 0 Å². The van der Waals surface area contributed by atoms with Crippen LogP contribution < -0.4 is 0 Å². The number of hydrogen-bond acceptors (Lipinski definition) is 4. The van der Waals surface area contributed by atoms with Crippen LogP contribution in [-0.2, 0) is 14.3 Å². The van der Waals surface area contributed by atoms with Crippen LogP contribution in [0.3, 0.4) is 0 Å². The van der Waals surface area contributed by atoms with Gasteiger partial charge in [0, 0.05) is 29.7 Å². The molecule has 0 aromatic heterocycles. The van der Waals surface area contributed by atoms with Gasteiger partial charge in [-0.3, -0.25) is 9.59 Å². The van der Waals surface area contributed by atoms with Crippen molar-refractivity contribution < 1.29 is 19.1 Å². The maximum Gasteiger partial charge on any atom is 0.345 e. The number of rotatable bonds is 5. The normalized spacial score (nSPS) is 11.6. The number of carbonyl (C=O) groups excluding carboxylic acids is 3. The molecular formula is C20H15Cl4NO4. The van der Waals surface area contributed by atoms with Crippen LogP contribution in [0.15, 0.2) is 42.0 Å². The number of ether oxygens (including phenoxy) is 1. The van der Waals surface area contributed by atoms with Gasteiger partial charge in [0.05, 0.1) is 15.6 Å². The van der Waals surface area contributed by atoms with Crippen LogP contribution in [0.1, 0.15) is 22.8 Å². The van der Waals surface area contributed by atoms with E-state index in [1.165, 1.54) is 62.3 Å². The van der Waals surface area contributed by atoms with E-state index in [-0.39, 0.29) is 32.5 Å². The summed E-state index contributed by atoms with van der Waals surface area (Å²) >= 11 is 24.1. The van der Waals surface area contributed by atoms with Gasteiger partial charge < -0.3 is 9.64 Å². The van der Waals surface area contributed by atoms with Crippen molar-refractivity contribution in [3.8, 4) is 0 Å². The number of likely N-dealkylation sites (N-methyl/N-ethyl adjacent to an activating group) is 1. The molecule has 0 unspecified atom stereocenters. The second kappa shape index (κ2) is 9.63. The number of halogens is 4. The molecule has 0 aliphatic rings. The molecule has 0 saturated heterocycles. The highest BCUT2D eigenvalue weighted by molar-refractivity contribution is 6.37. The molecule has 29 heavy (non-hydrogen) atoms. The van der Waals surface area contributed by atoms with Crippen molar-refractivity contribution in [2.45, 2.75) is 6.92 Å². The van der Waals surface area contributed by atoms with Crippen LogP contribution >= 0.6 is 46.4 Å². The minimum Gasteiger partial charge on any atom is -0.421 e. The number of carbonyl (C=O) groups is 3. The molecule has 9 heteroatoms. The SMILES string of the molecule is CC(=O)/C(C(=O)N(C)C)=C(/OC(=O)c1ccc(Cl)cc1Cl)c1ccc(Cl)cc1Cl. The lowest BCUT2D eigenvalue weighted by atomic mass is 10.0. The number of nitrogens with zero attached hydrogens (tertiary/aromatic N) is 1. The third kappa shape index (κ3) is 5.52. The fourth-order valence-electron chi connectivity index (χ4n) is 2.35. The first-order valence-electron chi connectivity index (χ1n) is 8.12. The lowest BCUT2D eigenvalue weighted by Crippen LogP contribution is -2.28. The third-order valence-electron chi connectivity index (χ3n) is 3.72. The minimum atomic E-state index is -0.891. The Morgan fingerprint density at radius 2 is 1.31 bits per heavy atom. The zero-order chi connectivity index (χ0) is 21.9. The van der Waals surface area contributed by atoms with Crippen molar-refractivity contribution in [3.63, 3.8) is 0 Å². The van der Waals surface area contributed by atoms with Crippen molar-refractivity contribution in [2.24, 2.45) is 0 Å². The predicted octanol–water partition coefficient (Wildman–Crippen LogP) is 5.55. The molecule has 0 heterocycles. The van der Waals surface area contributed by atoms with Gasteiger partial charge in [0.2, 0.25) is 0 Å². The monoisotopic (exact) mass is 473 g/mol. The van der Waals surface area contributed by atoms with Crippen molar-refractivity contribution in [2.75, 3.05) is 14.1 Å². The Kier molecular flexibility index (Phi) is 7.72. The summed E-state index contributed by atoms with van der Waals surface area (Å²) in [4.78, 5) is 38.9. The van der Waals surface area contributed by atoms with Gasteiger partial charge in [-0.25, -0.2) is 4.79 Å². The van der Waals surface area contributed by atoms with Gasteiger partial charge >= 0.3 is 5.97 Å². The second-order valence-electron chi connectivity index (χ2n) is 6.10. The van der Waals surface area contributed by atoms with Crippen molar-refractivity contribution in [1.82, 2.24) is 4.90 Å². The first-order chi connectivity index (χ1) is 13.5. The van der Waals surface area contributed by atoms with Crippen LogP contribution in [0.25, 0.3) is 5.76 Å². The number of Topliss-reactive ketones (excluding diaryl/α,β-unsaturated/α-hetero) is 1. The largest absolute Gasteiger partial charge is 0.421 e. The average molecular weight is 475 g/mol. The fraction of sp³-hybridized carbons (Fsp3) is 0.150. The van der Waals surface area contributed by atoms with E-state index in [9.17, 15) is 14.4 Å². The number of amides is 1. The fourth-order valence-corrected chi connectivity index (χ4v) is 3.33. The van der Waals surface area contributed by atoms with Gasteiger partial charge in [0.25, 0.3) is 5.91 Å². The summed E-state index contributed by atoms with van der Waals surface area (Å²) < 4.78 is 5.48. The lowest BCUT2D eigenvalue weighted by Gasteiger charge is -2.18. The molecule has 2 aromatic carbocycles. The van der Waals surface area contributed by atoms with E-state index in [1.54, 1.807) is 0 Å². The predicted molar refractivity (Wildman–Crippen MR) is 115 cm³/mol. The number of hydrogen-bond donors (Lipinski definition) is 0. The molecule has 152 valence electrons. The van der Waals surface area contributed by atoms with Gasteiger partial charge in [-0.1, -0.05) is 46.4 Å². The molecule has 0 bridgehead atoms. The molecule has 1 amide bonds. The van der Waals surface area contributed by atoms with Crippen molar-refractivity contribution in [3.05, 3.63) is 73.2 Å². The Labute approximate surface area is 187 Å². The highest BCUT2D eigenvalue weighted by Crippen LogP contribution is 2.32. The molecule has 0 saturated carbocycles. The summed E-state index contributed by atoms with van der Waals surface area (Å²) in [6, 6.07) is 8.54. The Morgan fingerprint density at radius 3 is 1.72 bits per heavy atom. The Hall–Kier alpha value is -2.05. The topological polar surface area (TPSA) is 63.7 Å². The summed E-state index contributed by atoms with van der Waals surface area (Å²) in [6.45, 7) is 1.18. The van der Waals surface area contributed by atoms with Gasteiger partial charge in [0.15, 0.2) is 11.5 Å². The molecule has 2 rings (SSSR count). The second-order valence-corrected chi connectivity index (χ2v) is 7.79. The van der Waals surface area contributed by atoms with E-state index in [0.29, 0.717) is 10.0 Å². The van der Waals surface area contributed by atoms with E-state index in [4.69, 9.17) is 51.1 Å². The van der Waals surface area contributed by atoms with Crippen molar-refractivity contribution >= 4 is 69.8 Å². The highest BCUT2D eigenvalue weighted by Gasteiger charge is 2.28. The van der Waals surface area contributed by atoms with Gasteiger partial charge in [-0.15, -0.1) is 0 Å². The summed E-state index contributed by atoms with van der Waals surface area (Å²) in [6.07, 6.45) is 0. The van der Waals surface area contributed by atoms with Crippen LogP contribution in [0.4, 0.5) is 0 Å². The van der Waals surface area contributed by atoms with E-state index in [2.05, 4.69) is 0 Å². The number of esters is 1. The lowest BCUT2D eigenvalue weighted by molar-refractivity contribution is -0.127. The number of benzene rings is 2. The Morgan fingerprint density at radius 1 is 0.828 bits per heavy atom. The summed E-state index contributed by atoms with van der Waals surface area (Å²) in [5.74, 6) is -2.46. The zero-order valence-corrected chi connectivity index (χ0v) is 18.6. The third-order valence-corrected chi connectivity index (χ3v) is 4.82. The van der Waals surface area contributed by atoms with Crippen molar-refractivity contribution in [1.29, 1.82) is 0 Å². The molecule has 0 spiro atoms. The van der Waals surface area contributed by atoms with E-state index in [1.807, 2.05) is 0 Å². The molecule has 0 atom stereocenters. The maximum absolute atomic E-state index is 12.8. The molecule has 2 aromatic rings. The molecule has 0 aliphatic carbocycles. The van der Waals surface area contributed by atoms with Gasteiger partial charge in [0.1, 0.15) is 5.57 Å². The molecule has 5 nitrogen and oxygen atoms in total. The smallest absolute Gasteiger partial charge is 0.345 e. The van der Waals surface area contributed by atoms with E-state index < -0.39 is 17.7 Å².